The Balaban J connectivity index is 1.55. The lowest BCUT2D eigenvalue weighted by Crippen LogP contribution is -2.45. The van der Waals surface area contributed by atoms with Gasteiger partial charge in [0.1, 0.15) is 23.3 Å². The second kappa shape index (κ2) is 8.95. The van der Waals surface area contributed by atoms with Crippen molar-refractivity contribution in [1.29, 1.82) is 0 Å². The van der Waals surface area contributed by atoms with Crippen LogP contribution in [0.1, 0.15) is 47.7 Å². The first-order chi connectivity index (χ1) is 17.3. The molecule has 0 bridgehead atoms. The van der Waals surface area contributed by atoms with E-state index in [1.165, 1.54) is 4.57 Å². The summed E-state index contributed by atoms with van der Waals surface area (Å²) >= 11 is 0. The number of nitrogens with one attached hydrogen (secondary N) is 3. The van der Waals surface area contributed by atoms with Gasteiger partial charge in [-0.15, -0.1) is 0 Å². The molecule has 2 aromatic carbocycles. The van der Waals surface area contributed by atoms with Crippen LogP contribution in [0.2, 0.25) is 0 Å². The maximum absolute atomic E-state index is 13.6. The van der Waals surface area contributed by atoms with E-state index in [1.54, 1.807) is 25.1 Å². The molecule has 1 atom stereocenters. The second-order valence-corrected chi connectivity index (χ2v) is 8.72. The Morgan fingerprint density at radius 3 is 2.75 bits per heavy atom. The number of fused-ring (bicyclic) bond motifs is 2. The quantitative estimate of drug-likeness (QED) is 0.370. The number of nitrogens with zero attached hydrogens (tertiary/aromatic N) is 2. The fourth-order valence-corrected chi connectivity index (χ4v) is 4.73. The Morgan fingerprint density at radius 2 is 2.00 bits per heavy atom. The van der Waals surface area contributed by atoms with Crippen LogP contribution in [0.15, 0.2) is 41.2 Å². The number of aryl methyl sites for hydroxylation is 2. The highest BCUT2D eigenvalue weighted by Crippen LogP contribution is 2.28. The predicted molar refractivity (Wildman–Crippen MR) is 134 cm³/mol. The lowest BCUT2D eigenvalue weighted by Gasteiger charge is -2.24. The van der Waals surface area contributed by atoms with Gasteiger partial charge in [0.2, 0.25) is 11.8 Å². The number of aromatic nitrogens is 3. The van der Waals surface area contributed by atoms with Crippen LogP contribution >= 0.6 is 0 Å². The minimum Gasteiger partial charge on any atom is -0.494 e. The van der Waals surface area contributed by atoms with E-state index in [4.69, 9.17) is 4.74 Å². The SMILES string of the molecule is CCOc1ccc2[nH]c(C(=O)Nc3cccc4nc(C)n(C5CCC(=O)NC5=O)c(=O)c34)c(C)c2c1. The normalized spacial score (nSPS) is 15.8. The van der Waals surface area contributed by atoms with Crippen LogP contribution in [-0.2, 0) is 9.59 Å². The van der Waals surface area contributed by atoms with Gasteiger partial charge in [-0.2, -0.15) is 0 Å². The molecule has 3 amide bonds. The molecule has 0 spiro atoms. The predicted octanol–water partition coefficient (Wildman–Crippen LogP) is 3.12. The number of carbonyl (C=O) groups excluding carboxylic acids is 3. The monoisotopic (exact) mass is 487 g/mol. The highest BCUT2D eigenvalue weighted by Gasteiger charge is 2.31. The lowest BCUT2D eigenvalue weighted by atomic mass is 10.1. The maximum atomic E-state index is 13.6. The molecule has 184 valence electrons. The van der Waals surface area contributed by atoms with Crippen molar-refractivity contribution < 1.29 is 19.1 Å². The zero-order chi connectivity index (χ0) is 25.6. The molecule has 1 saturated heterocycles. The maximum Gasteiger partial charge on any atom is 0.272 e. The highest BCUT2D eigenvalue weighted by molar-refractivity contribution is 6.11. The van der Waals surface area contributed by atoms with E-state index < -0.39 is 23.4 Å². The summed E-state index contributed by atoms with van der Waals surface area (Å²) in [6.07, 6.45) is 0.328. The molecular weight excluding hydrogens is 462 g/mol. The summed E-state index contributed by atoms with van der Waals surface area (Å²) in [6.45, 7) is 5.92. The molecule has 3 N–H and O–H groups in total. The van der Waals surface area contributed by atoms with Crippen molar-refractivity contribution in [2.75, 3.05) is 11.9 Å². The van der Waals surface area contributed by atoms with Crippen molar-refractivity contribution in [1.82, 2.24) is 19.9 Å². The Kier molecular flexibility index (Phi) is 5.79. The van der Waals surface area contributed by atoms with Gasteiger partial charge in [0.15, 0.2) is 0 Å². The third-order valence-corrected chi connectivity index (χ3v) is 6.44. The van der Waals surface area contributed by atoms with Crippen LogP contribution in [0.25, 0.3) is 21.8 Å². The van der Waals surface area contributed by atoms with E-state index in [1.807, 2.05) is 32.0 Å². The van der Waals surface area contributed by atoms with E-state index in [0.29, 0.717) is 29.4 Å². The molecule has 5 rings (SSSR count). The lowest BCUT2D eigenvalue weighted by molar-refractivity contribution is -0.135. The summed E-state index contributed by atoms with van der Waals surface area (Å²) in [4.78, 5) is 58.6. The van der Waals surface area contributed by atoms with Gasteiger partial charge in [-0.25, -0.2) is 4.98 Å². The third-order valence-electron chi connectivity index (χ3n) is 6.44. The van der Waals surface area contributed by atoms with E-state index >= 15 is 0 Å². The molecule has 10 nitrogen and oxygen atoms in total. The summed E-state index contributed by atoms with van der Waals surface area (Å²) in [7, 11) is 0. The van der Waals surface area contributed by atoms with E-state index in [0.717, 1.165) is 16.5 Å². The summed E-state index contributed by atoms with van der Waals surface area (Å²) in [6, 6.07) is 9.71. The Labute approximate surface area is 205 Å². The molecule has 3 heterocycles. The number of carbonyl (C=O) groups is 3. The first-order valence-corrected chi connectivity index (χ1v) is 11.7. The van der Waals surface area contributed by atoms with Crippen LogP contribution in [0, 0.1) is 13.8 Å². The van der Waals surface area contributed by atoms with E-state index in [-0.39, 0.29) is 29.8 Å². The van der Waals surface area contributed by atoms with Crippen LogP contribution in [0.3, 0.4) is 0 Å². The molecule has 1 fully saturated rings. The van der Waals surface area contributed by atoms with Gasteiger partial charge in [-0.3, -0.25) is 29.1 Å². The summed E-state index contributed by atoms with van der Waals surface area (Å²) in [5.41, 5.74) is 2.12. The smallest absolute Gasteiger partial charge is 0.272 e. The average Bonchev–Trinajstić information content (AvgIpc) is 3.16. The fourth-order valence-electron chi connectivity index (χ4n) is 4.73. The number of piperidine rings is 1. The number of hydrogen-bond donors (Lipinski definition) is 3. The molecule has 0 radical (unpaired) electrons. The van der Waals surface area contributed by atoms with Gasteiger partial charge in [0.25, 0.3) is 11.5 Å². The van der Waals surface area contributed by atoms with Gasteiger partial charge in [0.05, 0.1) is 23.2 Å². The summed E-state index contributed by atoms with van der Waals surface area (Å²) in [5.74, 6) is -0.266. The fraction of sp³-hybridized carbons (Fsp3) is 0.269. The second-order valence-electron chi connectivity index (χ2n) is 8.72. The van der Waals surface area contributed by atoms with Crippen molar-refractivity contribution in [3.8, 4) is 5.75 Å². The number of hydrogen-bond acceptors (Lipinski definition) is 6. The minimum atomic E-state index is -0.855. The number of rotatable bonds is 5. The zero-order valence-corrected chi connectivity index (χ0v) is 20.1. The molecular formula is C26H25N5O5. The van der Waals surface area contributed by atoms with Crippen molar-refractivity contribution in [2.45, 2.75) is 39.7 Å². The minimum absolute atomic E-state index is 0.128. The van der Waals surface area contributed by atoms with Crippen LogP contribution in [0.4, 0.5) is 5.69 Å². The molecule has 1 unspecified atom stereocenters. The molecule has 1 aliphatic heterocycles. The van der Waals surface area contributed by atoms with Crippen molar-refractivity contribution in [3.63, 3.8) is 0 Å². The number of benzene rings is 2. The Hall–Kier alpha value is -4.47. The largest absolute Gasteiger partial charge is 0.494 e. The molecule has 36 heavy (non-hydrogen) atoms. The molecule has 0 aliphatic carbocycles. The van der Waals surface area contributed by atoms with Crippen LogP contribution < -0.4 is 20.9 Å². The summed E-state index contributed by atoms with van der Waals surface area (Å²) < 4.78 is 6.87. The Bertz CT molecular complexity index is 1620. The number of amides is 3. The number of ether oxygens (including phenoxy) is 1. The topological polar surface area (TPSA) is 135 Å². The molecule has 0 saturated carbocycles. The van der Waals surface area contributed by atoms with Crippen molar-refractivity contribution in [2.24, 2.45) is 0 Å². The van der Waals surface area contributed by atoms with Gasteiger partial charge in [-0.05, 0) is 63.1 Å². The third kappa shape index (κ3) is 3.90. The number of anilines is 1. The molecule has 2 aromatic heterocycles. The number of aromatic amines is 1. The van der Waals surface area contributed by atoms with Gasteiger partial charge < -0.3 is 15.0 Å². The molecule has 4 aromatic rings. The van der Waals surface area contributed by atoms with Crippen LogP contribution in [0.5, 0.6) is 5.75 Å². The van der Waals surface area contributed by atoms with E-state index in [9.17, 15) is 19.2 Å². The van der Waals surface area contributed by atoms with Gasteiger partial charge >= 0.3 is 0 Å². The number of imide groups is 1. The van der Waals surface area contributed by atoms with E-state index in [2.05, 4.69) is 20.6 Å². The average molecular weight is 488 g/mol. The summed E-state index contributed by atoms with van der Waals surface area (Å²) in [5, 5.41) is 6.17. The zero-order valence-electron chi connectivity index (χ0n) is 20.1. The first kappa shape index (κ1) is 23.3. The van der Waals surface area contributed by atoms with Crippen molar-refractivity contribution >= 4 is 45.2 Å². The molecule has 10 heteroatoms. The molecule has 1 aliphatic rings. The Morgan fingerprint density at radius 1 is 1.19 bits per heavy atom. The highest BCUT2D eigenvalue weighted by atomic mass is 16.5. The van der Waals surface area contributed by atoms with Gasteiger partial charge in [0, 0.05) is 17.3 Å². The standard InChI is InChI=1S/C26H25N5O5/c1-4-36-15-8-9-17-16(12-15)13(2)23(28-17)25(34)29-19-7-5-6-18-22(19)26(35)31(14(3)27-18)20-10-11-21(32)30-24(20)33/h5-9,12,20,28H,4,10-11H2,1-3H3,(H,29,34)(H,30,32,33). The number of H-pyrrole nitrogens is 1. The van der Waals surface area contributed by atoms with Crippen LogP contribution in [-0.4, -0.2) is 38.9 Å². The van der Waals surface area contributed by atoms with Crippen molar-refractivity contribution in [3.05, 3.63) is 63.8 Å². The van der Waals surface area contributed by atoms with Gasteiger partial charge in [-0.1, -0.05) is 6.07 Å². The first-order valence-electron chi connectivity index (χ1n) is 11.7.